The van der Waals surface area contributed by atoms with Gasteiger partial charge in [0.2, 0.25) is 0 Å². The van der Waals surface area contributed by atoms with E-state index in [1.165, 1.54) is 0 Å². The van der Waals surface area contributed by atoms with Crippen LogP contribution in [0.5, 0.6) is 5.75 Å². The summed E-state index contributed by atoms with van der Waals surface area (Å²) in [4.78, 5) is 4.41. The quantitative estimate of drug-likeness (QED) is 0.459. The molecule has 106 valence electrons. The molecule has 2 N–H and O–H groups in total. The number of guanidine groups is 1. The summed E-state index contributed by atoms with van der Waals surface area (Å²) in [5.41, 5.74) is 0. The van der Waals surface area contributed by atoms with E-state index in [1.54, 1.807) is 0 Å². The lowest BCUT2D eigenvalue weighted by atomic mass is 10.3. The molecule has 0 unspecified atom stereocenters. The molecule has 0 spiro atoms. The molecule has 1 aromatic carbocycles. The molecule has 0 fully saturated rings. The third-order valence-corrected chi connectivity index (χ3v) is 2.64. The van der Waals surface area contributed by atoms with E-state index in [0.717, 1.165) is 25.5 Å². The summed E-state index contributed by atoms with van der Waals surface area (Å²) in [6.07, 6.45) is 1.03. The van der Waals surface area contributed by atoms with Crippen LogP contribution >= 0.6 is 11.6 Å². The normalized spacial score (nSPS) is 11.2. The lowest BCUT2D eigenvalue weighted by Gasteiger charge is -2.12. The van der Waals surface area contributed by atoms with Crippen molar-refractivity contribution in [1.82, 2.24) is 10.6 Å². The van der Waals surface area contributed by atoms with Gasteiger partial charge in [-0.25, -0.2) is 0 Å². The van der Waals surface area contributed by atoms with Crippen LogP contribution in [0.2, 0.25) is 5.02 Å². The van der Waals surface area contributed by atoms with E-state index in [4.69, 9.17) is 16.3 Å². The fourth-order valence-electron chi connectivity index (χ4n) is 1.46. The van der Waals surface area contributed by atoms with Gasteiger partial charge in [-0.2, -0.15) is 0 Å². The molecule has 5 heteroatoms. The SMILES string of the molecule is CCCN=C(NCC)NCCOc1ccccc1Cl. The summed E-state index contributed by atoms with van der Waals surface area (Å²) in [6.45, 7) is 7.04. The van der Waals surface area contributed by atoms with Crippen LogP contribution in [-0.2, 0) is 0 Å². The van der Waals surface area contributed by atoms with E-state index in [2.05, 4.69) is 22.5 Å². The van der Waals surface area contributed by atoms with Crippen LogP contribution < -0.4 is 15.4 Å². The van der Waals surface area contributed by atoms with Crippen molar-refractivity contribution in [3.8, 4) is 5.75 Å². The minimum absolute atomic E-state index is 0.542. The molecular formula is C14H22ClN3O. The van der Waals surface area contributed by atoms with Crippen LogP contribution in [-0.4, -0.2) is 32.2 Å². The number of ether oxygens (including phenoxy) is 1. The van der Waals surface area contributed by atoms with Gasteiger partial charge in [0.05, 0.1) is 11.6 Å². The van der Waals surface area contributed by atoms with Crippen molar-refractivity contribution in [2.75, 3.05) is 26.2 Å². The Morgan fingerprint density at radius 3 is 2.74 bits per heavy atom. The molecule has 0 aliphatic carbocycles. The maximum Gasteiger partial charge on any atom is 0.191 e. The maximum absolute atomic E-state index is 6.00. The molecule has 0 radical (unpaired) electrons. The first kappa shape index (κ1) is 15.6. The molecule has 0 atom stereocenters. The van der Waals surface area contributed by atoms with Crippen molar-refractivity contribution >= 4 is 17.6 Å². The molecule has 19 heavy (non-hydrogen) atoms. The predicted molar refractivity (Wildman–Crippen MR) is 81.2 cm³/mol. The number of hydrogen-bond donors (Lipinski definition) is 2. The lowest BCUT2D eigenvalue weighted by molar-refractivity contribution is 0.322. The highest BCUT2D eigenvalue weighted by atomic mass is 35.5. The van der Waals surface area contributed by atoms with Crippen LogP contribution in [0.3, 0.4) is 0 Å². The molecule has 0 aromatic heterocycles. The summed E-state index contributed by atoms with van der Waals surface area (Å²) in [7, 11) is 0. The van der Waals surface area contributed by atoms with Gasteiger partial charge in [0.15, 0.2) is 5.96 Å². The standard InChI is InChI=1S/C14H22ClN3O/c1-3-9-17-14(16-4-2)18-10-11-19-13-8-6-5-7-12(13)15/h5-8H,3-4,9-11H2,1-2H3,(H2,16,17,18). The van der Waals surface area contributed by atoms with Crippen molar-refractivity contribution < 1.29 is 4.74 Å². The third kappa shape index (κ3) is 6.34. The van der Waals surface area contributed by atoms with Gasteiger partial charge in [0, 0.05) is 13.1 Å². The molecule has 1 rings (SSSR count). The molecule has 0 aliphatic heterocycles. The van der Waals surface area contributed by atoms with E-state index >= 15 is 0 Å². The number of halogens is 1. The lowest BCUT2D eigenvalue weighted by Crippen LogP contribution is -2.39. The zero-order chi connectivity index (χ0) is 13.9. The first-order chi connectivity index (χ1) is 9.27. The molecule has 0 aliphatic rings. The van der Waals surface area contributed by atoms with E-state index in [-0.39, 0.29) is 0 Å². The zero-order valence-corrected chi connectivity index (χ0v) is 12.3. The van der Waals surface area contributed by atoms with E-state index in [9.17, 15) is 0 Å². The van der Waals surface area contributed by atoms with Gasteiger partial charge in [0.25, 0.3) is 0 Å². The summed E-state index contributed by atoms with van der Waals surface area (Å²) in [5, 5.41) is 7.03. The third-order valence-electron chi connectivity index (χ3n) is 2.33. The van der Waals surface area contributed by atoms with Crippen LogP contribution in [0.1, 0.15) is 20.3 Å². The predicted octanol–water partition coefficient (Wildman–Crippen LogP) is 2.68. The molecule has 0 heterocycles. The molecule has 0 bridgehead atoms. The summed E-state index contributed by atoms with van der Waals surface area (Å²) >= 11 is 6.00. The Morgan fingerprint density at radius 1 is 1.26 bits per heavy atom. The number of hydrogen-bond acceptors (Lipinski definition) is 2. The van der Waals surface area contributed by atoms with Crippen molar-refractivity contribution in [3.63, 3.8) is 0 Å². The van der Waals surface area contributed by atoms with Crippen molar-refractivity contribution in [1.29, 1.82) is 0 Å². The topological polar surface area (TPSA) is 45.7 Å². The fraction of sp³-hybridized carbons (Fsp3) is 0.500. The molecule has 1 aromatic rings. The average Bonchev–Trinajstić information content (AvgIpc) is 2.42. The Hall–Kier alpha value is -1.42. The number of rotatable bonds is 7. The van der Waals surface area contributed by atoms with Crippen LogP contribution in [0.15, 0.2) is 29.3 Å². The van der Waals surface area contributed by atoms with Gasteiger partial charge in [-0.3, -0.25) is 4.99 Å². The zero-order valence-electron chi connectivity index (χ0n) is 11.6. The highest BCUT2D eigenvalue weighted by molar-refractivity contribution is 6.32. The molecule has 0 amide bonds. The van der Waals surface area contributed by atoms with Crippen molar-refractivity contribution in [3.05, 3.63) is 29.3 Å². The van der Waals surface area contributed by atoms with Crippen LogP contribution in [0.25, 0.3) is 0 Å². The number of para-hydroxylation sites is 1. The number of aliphatic imine (C=N–C) groups is 1. The molecule has 0 saturated heterocycles. The Balaban J connectivity index is 2.30. The van der Waals surface area contributed by atoms with Gasteiger partial charge in [-0.1, -0.05) is 30.7 Å². The highest BCUT2D eigenvalue weighted by Crippen LogP contribution is 2.22. The molecule has 0 saturated carbocycles. The van der Waals surface area contributed by atoms with Gasteiger partial charge in [0.1, 0.15) is 12.4 Å². The minimum Gasteiger partial charge on any atom is -0.490 e. The smallest absolute Gasteiger partial charge is 0.191 e. The molecule has 4 nitrogen and oxygen atoms in total. The minimum atomic E-state index is 0.542. The summed E-state index contributed by atoms with van der Waals surface area (Å²) < 4.78 is 5.59. The van der Waals surface area contributed by atoms with Gasteiger partial charge >= 0.3 is 0 Å². The van der Waals surface area contributed by atoms with Crippen LogP contribution in [0.4, 0.5) is 0 Å². The average molecular weight is 284 g/mol. The van der Waals surface area contributed by atoms with Gasteiger partial charge in [-0.05, 0) is 25.5 Å². The highest BCUT2D eigenvalue weighted by Gasteiger charge is 2.00. The second kappa shape index (κ2) is 9.50. The first-order valence-electron chi connectivity index (χ1n) is 6.67. The number of benzene rings is 1. The Morgan fingerprint density at radius 2 is 2.05 bits per heavy atom. The summed E-state index contributed by atoms with van der Waals surface area (Å²) in [6, 6.07) is 7.46. The van der Waals surface area contributed by atoms with Gasteiger partial charge < -0.3 is 15.4 Å². The van der Waals surface area contributed by atoms with Crippen molar-refractivity contribution in [2.45, 2.75) is 20.3 Å². The largest absolute Gasteiger partial charge is 0.490 e. The number of nitrogens with one attached hydrogen (secondary N) is 2. The second-order valence-corrected chi connectivity index (χ2v) is 4.37. The second-order valence-electron chi connectivity index (χ2n) is 3.97. The Labute approximate surface area is 120 Å². The Kier molecular flexibility index (Phi) is 7.82. The van der Waals surface area contributed by atoms with E-state index in [1.807, 2.05) is 31.2 Å². The van der Waals surface area contributed by atoms with Crippen molar-refractivity contribution in [2.24, 2.45) is 4.99 Å². The van der Waals surface area contributed by atoms with Gasteiger partial charge in [-0.15, -0.1) is 0 Å². The monoisotopic (exact) mass is 283 g/mol. The maximum atomic E-state index is 6.00. The van der Waals surface area contributed by atoms with E-state index < -0.39 is 0 Å². The molecular weight excluding hydrogens is 262 g/mol. The number of nitrogens with zero attached hydrogens (tertiary/aromatic N) is 1. The summed E-state index contributed by atoms with van der Waals surface area (Å²) in [5.74, 6) is 1.54. The first-order valence-corrected chi connectivity index (χ1v) is 7.05. The fourth-order valence-corrected chi connectivity index (χ4v) is 1.65. The Bertz CT molecular complexity index is 396. The van der Waals surface area contributed by atoms with E-state index in [0.29, 0.717) is 23.9 Å². The van der Waals surface area contributed by atoms with Crippen LogP contribution in [0, 0.1) is 0 Å².